The second kappa shape index (κ2) is 5.97. The molecule has 0 aliphatic rings. The number of aromatic nitrogens is 3. The third-order valence-corrected chi connectivity index (χ3v) is 3.54. The van der Waals surface area contributed by atoms with E-state index in [1.165, 1.54) is 0 Å². The number of nitrogens with zero attached hydrogens (tertiary/aromatic N) is 3. The van der Waals surface area contributed by atoms with Gasteiger partial charge in [0.25, 0.3) is 5.91 Å². The number of hydrogen-bond acceptors (Lipinski definition) is 3. The van der Waals surface area contributed by atoms with E-state index in [0.717, 1.165) is 22.6 Å². The van der Waals surface area contributed by atoms with Gasteiger partial charge in [0.05, 0.1) is 17.9 Å². The number of amides is 1. The van der Waals surface area contributed by atoms with Crippen molar-refractivity contribution in [3.05, 3.63) is 65.4 Å². The molecule has 1 amide bonds. The number of rotatable bonds is 4. The third-order valence-electron chi connectivity index (χ3n) is 3.54. The van der Waals surface area contributed by atoms with Crippen molar-refractivity contribution in [2.24, 2.45) is 0 Å². The van der Waals surface area contributed by atoms with Crippen molar-refractivity contribution in [1.29, 1.82) is 0 Å². The molecule has 22 heavy (non-hydrogen) atoms. The molecule has 0 atom stereocenters. The fourth-order valence-electron chi connectivity index (χ4n) is 2.44. The maximum atomic E-state index is 12.6. The molecule has 0 unspecified atom stereocenters. The molecule has 0 saturated carbocycles. The highest BCUT2D eigenvalue weighted by molar-refractivity contribution is 5.94. The van der Waals surface area contributed by atoms with Gasteiger partial charge in [-0.05, 0) is 37.1 Å². The molecule has 5 nitrogen and oxygen atoms in total. The van der Waals surface area contributed by atoms with Gasteiger partial charge in [-0.25, -0.2) is 4.98 Å². The summed E-state index contributed by atoms with van der Waals surface area (Å²) in [6.07, 6.45) is 4.38. The Morgan fingerprint density at radius 3 is 2.86 bits per heavy atom. The van der Waals surface area contributed by atoms with Gasteiger partial charge in [-0.1, -0.05) is 19.1 Å². The van der Waals surface area contributed by atoms with E-state index in [1.807, 2.05) is 54.8 Å². The van der Waals surface area contributed by atoms with Crippen molar-refractivity contribution < 1.29 is 4.79 Å². The van der Waals surface area contributed by atoms with E-state index in [4.69, 9.17) is 0 Å². The van der Waals surface area contributed by atoms with Gasteiger partial charge in [-0.3, -0.25) is 14.2 Å². The van der Waals surface area contributed by atoms with Crippen molar-refractivity contribution in [2.75, 3.05) is 0 Å². The summed E-state index contributed by atoms with van der Waals surface area (Å²) < 4.78 is 1.86. The van der Waals surface area contributed by atoms with Crippen LogP contribution in [0.3, 0.4) is 0 Å². The number of carbonyl (C=O) groups excluding carboxylic acids is 1. The maximum Gasteiger partial charge on any atom is 0.270 e. The van der Waals surface area contributed by atoms with E-state index >= 15 is 0 Å². The molecule has 3 rings (SSSR count). The average molecular weight is 294 g/mol. The van der Waals surface area contributed by atoms with Crippen LogP contribution in [0.15, 0.2) is 42.7 Å². The second-order valence-corrected chi connectivity index (χ2v) is 5.20. The fourth-order valence-corrected chi connectivity index (χ4v) is 2.44. The number of aryl methyl sites for hydroxylation is 2. The van der Waals surface area contributed by atoms with Crippen LogP contribution < -0.4 is 5.32 Å². The lowest BCUT2D eigenvalue weighted by atomic mass is 10.2. The highest BCUT2D eigenvalue weighted by atomic mass is 16.1. The lowest BCUT2D eigenvalue weighted by molar-refractivity contribution is 0.0943. The smallest absolute Gasteiger partial charge is 0.270 e. The topological polar surface area (TPSA) is 59.3 Å². The summed E-state index contributed by atoms with van der Waals surface area (Å²) in [4.78, 5) is 21.3. The molecule has 5 heteroatoms. The Morgan fingerprint density at radius 2 is 2.14 bits per heavy atom. The number of fused-ring (bicyclic) bond motifs is 1. The number of hydrogen-bond donors (Lipinski definition) is 1. The summed E-state index contributed by atoms with van der Waals surface area (Å²) in [6, 6.07) is 9.58. The quantitative estimate of drug-likeness (QED) is 0.804. The second-order valence-electron chi connectivity index (χ2n) is 5.20. The van der Waals surface area contributed by atoms with E-state index in [1.54, 1.807) is 6.20 Å². The molecule has 0 radical (unpaired) electrons. The standard InChI is InChI=1S/C17H18N4O/c1-3-14-16(21-11-12(2)7-8-15(21)20-14)17(22)19-10-13-6-4-5-9-18-13/h4-9,11H,3,10H2,1-2H3,(H,19,22). The lowest BCUT2D eigenvalue weighted by Crippen LogP contribution is -2.25. The summed E-state index contributed by atoms with van der Waals surface area (Å²) in [7, 11) is 0. The molecule has 0 fully saturated rings. The first-order chi connectivity index (χ1) is 10.7. The maximum absolute atomic E-state index is 12.6. The van der Waals surface area contributed by atoms with E-state index in [9.17, 15) is 4.79 Å². The van der Waals surface area contributed by atoms with Gasteiger partial charge in [0.2, 0.25) is 0 Å². The highest BCUT2D eigenvalue weighted by Crippen LogP contribution is 2.15. The van der Waals surface area contributed by atoms with Crippen LogP contribution in [0, 0.1) is 6.92 Å². The van der Waals surface area contributed by atoms with Crippen molar-refractivity contribution >= 4 is 11.6 Å². The molecule has 3 aromatic heterocycles. The van der Waals surface area contributed by atoms with Gasteiger partial charge in [0, 0.05) is 12.4 Å². The normalized spacial score (nSPS) is 10.8. The third kappa shape index (κ3) is 2.70. The first-order valence-corrected chi connectivity index (χ1v) is 7.34. The van der Waals surface area contributed by atoms with E-state index < -0.39 is 0 Å². The van der Waals surface area contributed by atoms with Crippen LogP contribution >= 0.6 is 0 Å². The van der Waals surface area contributed by atoms with Crippen LogP contribution in [0.1, 0.15) is 34.4 Å². The molecule has 3 aromatic rings. The van der Waals surface area contributed by atoms with Crippen LogP contribution in [0.25, 0.3) is 5.65 Å². The zero-order valence-electron chi connectivity index (χ0n) is 12.7. The van der Waals surface area contributed by atoms with Crippen LogP contribution in [0.5, 0.6) is 0 Å². The predicted octanol–water partition coefficient (Wildman–Crippen LogP) is 2.53. The van der Waals surface area contributed by atoms with E-state index in [-0.39, 0.29) is 5.91 Å². The molecule has 0 aliphatic carbocycles. The van der Waals surface area contributed by atoms with Crippen molar-refractivity contribution in [3.8, 4) is 0 Å². The molecule has 112 valence electrons. The van der Waals surface area contributed by atoms with Gasteiger partial charge in [-0.2, -0.15) is 0 Å². The number of pyridine rings is 2. The monoisotopic (exact) mass is 294 g/mol. The molecule has 0 spiro atoms. The van der Waals surface area contributed by atoms with Crippen molar-refractivity contribution in [2.45, 2.75) is 26.8 Å². The summed E-state index contributed by atoms with van der Waals surface area (Å²) in [5, 5.41) is 2.93. The Morgan fingerprint density at radius 1 is 1.27 bits per heavy atom. The van der Waals surface area contributed by atoms with Gasteiger partial charge in [0.1, 0.15) is 11.3 Å². The van der Waals surface area contributed by atoms with Crippen molar-refractivity contribution in [3.63, 3.8) is 0 Å². The minimum absolute atomic E-state index is 0.124. The first-order valence-electron chi connectivity index (χ1n) is 7.34. The summed E-state index contributed by atoms with van der Waals surface area (Å²) >= 11 is 0. The minimum atomic E-state index is -0.124. The van der Waals surface area contributed by atoms with Gasteiger partial charge in [0.15, 0.2) is 0 Å². The Kier molecular flexibility index (Phi) is 3.87. The summed E-state index contributed by atoms with van der Waals surface area (Å²) in [6.45, 7) is 4.41. The number of imidazole rings is 1. The molecule has 0 aromatic carbocycles. The average Bonchev–Trinajstić information content (AvgIpc) is 2.91. The van der Waals surface area contributed by atoms with Crippen LogP contribution in [-0.2, 0) is 13.0 Å². The van der Waals surface area contributed by atoms with E-state index in [2.05, 4.69) is 15.3 Å². The largest absolute Gasteiger partial charge is 0.345 e. The Balaban J connectivity index is 1.91. The SMILES string of the molecule is CCc1nc2ccc(C)cn2c1C(=O)NCc1ccccn1. The molecular formula is C17H18N4O. The van der Waals surface area contributed by atoms with Gasteiger partial charge < -0.3 is 5.32 Å². The predicted molar refractivity (Wildman–Crippen MR) is 84.7 cm³/mol. The number of nitrogens with one attached hydrogen (secondary N) is 1. The number of carbonyl (C=O) groups is 1. The fraction of sp³-hybridized carbons (Fsp3) is 0.235. The molecule has 0 bridgehead atoms. The minimum Gasteiger partial charge on any atom is -0.345 e. The highest BCUT2D eigenvalue weighted by Gasteiger charge is 2.18. The van der Waals surface area contributed by atoms with Crippen LogP contribution in [-0.4, -0.2) is 20.3 Å². The Bertz CT molecular complexity index is 808. The Labute approximate surface area is 129 Å². The molecule has 3 heterocycles. The zero-order chi connectivity index (χ0) is 15.5. The lowest BCUT2D eigenvalue weighted by Gasteiger charge is -2.06. The molecular weight excluding hydrogens is 276 g/mol. The molecule has 0 saturated heterocycles. The summed E-state index contributed by atoms with van der Waals surface area (Å²) in [5.74, 6) is -0.124. The van der Waals surface area contributed by atoms with E-state index in [0.29, 0.717) is 18.7 Å². The van der Waals surface area contributed by atoms with Crippen LogP contribution in [0.4, 0.5) is 0 Å². The van der Waals surface area contributed by atoms with Gasteiger partial charge in [-0.15, -0.1) is 0 Å². The zero-order valence-corrected chi connectivity index (χ0v) is 12.7. The molecule has 1 N–H and O–H groups in total. The van der Waals surface area contributed by atoms with Gasteiger partial charge >= 0.3 is 0 Å². The van der Waals surface area contributed by atoms with Crippen molar-refractivity contribution in [1.82, 2.24) is 19.7 Å². The first kappa shape index (κ1) is 14.3. The molecule has 0 aliphatic heterocycles. The summed E-state index contributed by atoms with van der Waals surface area (Å²) in [5.41, 5.74) is 4.14. The Hall–Kier alpha value is -2.69. The van der Waals surface area contributed by atoms with Crippen LogP contribution in [0.2, 0.25) is 0 Å².